The summed E-state index contributed by atoms with van der Waals surface area (Å²) >= 11 is 9.44. The highest BCUT2D eigenvalue weighted by Crippen LogP contribution is 2.22. The van der Waals surface area contributed by atoms with Gasteiger partial charge in [0.05, 0.1) is 5.02 Å². The Hall–Kier alpha value is -2.63. The van der Waals surface area contributed by atoms with Crippen LogP contribution in [-0.4, -0.2) is 5.78 Å². The van der Waals surface area contributed by atoms with Crippen LogP contribution >= 0.6 is 27.5 Å². The molecule has 0 heterocycles. The van der Waals surface area contributed by atoms with Crippen molar-refractivity contribution in [2.45, 2.75) is 13.5 Å². The molecule has 29 heavy (non-hydrogen) atoms. The average molecular weight is 475 g/mol. The zero-order chi connectivity index (χ0) is 20.8. The SMILES string of the molecule is Cc1cc(N/C=C/C(=O)c2ccc(OCc3c(F)cccc3Cl)cc2)ccc1Br. The molecule has 3 aromatic rings. The van der Waals surface area contributed by atoms with Crippen LogP contribution in [0.15, 0.2) is 77.4 Å². The largest absolute Gasteiger partial charge is 0.489 e. The lowest BCUT2D eigenvalue weighted by atomic mass is 10.1. The molecule has 0 saturated carbocycles. The quantitative estimate of drug-likeness (QED) is 0.298. The average Bonchev–Trinajstić information content (AvgIpc) is 2.70. The molecule has 6 heteroatoms. The van der Waals surface area contributed by atoms with Gasteiger partial charge in [0.15, 0.2) is 5.78 Å². The normalized spacial score (nSPS) is 10.9. The Kier molecular flexibility index (Phi) is 7.07. The van der Waals surface area contributed by atoms with Gasteiger partial charge in [-0.3, -0.25) is 4.79 Å². The molecular formula is C23H18BrClFNO2. The van der Waals surface area contributed by atoms with Crippen molar-refractivity contribution in [1.29, 1.82) is 0 Å². The monoisotopic (exact) mass is 473 g/mol. The van der Waals surface area contributed by atoms with Crippen LogP contribution in [0.25, 0.3) is 0 Å². The first-order valence-electron chi connectivity index (χ1n) is 8.83. The molecule has 3 aromatic carbocycles. The second-order valence-electron chi connectivity index (χ2n) is 6.32. The van der Waals surface area contributed by atoms with E-state index in [-0.39, 0.29) is 12.4 Å². The molecule has 0 radical (unpaired) electrons. The molecule has 0 aliphatic carbocycles. The standard InChI is InChI=1S/C23H18BrClFNO2/c1-15-13-17(7-10-20(15)24)27-12-11-23(28)16-5-8-18(9-6-16)29-14-19-21(25)3-2-4-22(19)26/h2-13,27H,14H2,1H3/b12-11+. The highest BCUT2D eigenvalue weighted by molar-refractivity contribution is 9.10. The minimum absolute atomic E-state index is 0.00916. The van der Waals surface area contributed by atoms with Crippen LogP contribution in [-0.2, 0) is 6.61 Å². The molecule has 0 amide bonds. The third kappa shape index (κ3) is 5.68. The lowest BCUT2D eigenvalue weighted by molar-refractivity contribution is 0.104. The van der Waals surface area contributed by atoms with Crippen molar-refractivity contribution in [3.63, 3.8) is 0 Å². The number of ketones is 1. The fourth-order valence-corrected chi connectivity index (χ4v) is 3.05. The minimum Gasteiger partial charge on any atom is -0.489 e. The van der Waals surface area contributed by atoms with Crippen molar-refractivity contribution in [2.24, 2.45) is 0 Å². The van der Waals surface area contributed by atoms with Crippen LogP contribution in [0.2, 0.25) is 5.02 Å². The summed E-state index contributed by atoms with van der Waals surface area (Å²) in [5.41, 5.74) is 2.81. The van der Waals surface area contributed by atoms with Crippen LogP contribution in [0.1, 0.15) is 21.5 Å². The van der Waals surface area contributed by atoms with Gasteiger partial charge in [-0.2, -0.15) is 0 Å². The second-order valence-corrected chi connectivity index (χ2v) is 7.58. The van der Waals surface area contributed by atoms with Crippen LogP contribution in [0, 0.1) is 12.7 Å². The van der Waals surface area contributed by atoms with Crippen LogP contribution in [0.4, 0.5) is 10.1 Å². The first-order chi connectivity index (χ1) is 13.9. The highest BCUT2D eigenvalue weighted by atomic mass is 79.9. The fraction of sp³-hybridized carbons (Fsp3) is 0.0870. The van der Waals surface area contributed by atoms with E-state index in [9.17, 15) is 9.18 Å². The lowest BCUT2D eigenvalue weighted by Gasteiger charge is -2.09. The summed E-state index contributed by atoms with van der Waals surface area (Å²) < 4.78 is 20.4. The first kappa shape index (κ1) is 21.1. The maximum atomic E-state index is 13.8. The number of ether oxygens (including phenoxy) is 1. The van der Waals surface area contributed by atoms with Crippen molar-refractivity contribution < 1.29 is 13.9 Å². The van der Waals surface area contributed by atoms with Gasteiger partial charge in [-0.25, -0.2) is 4.39 Å². The Morgan fingerprint density at radius 3 is 2.62 bits per heavy atom. The van der Waals surface area contributed by atoms with E-state index in [4.69, 9.17) is 16.3 Å². The molecule has 0 saturated heterocycles. The van der Waals surface area contributed by atoms with E-state index in [0.717, 1.165) is 15.7 Å². The summed E-state index contributed by atoms with van der Waals surface area (Å²) in [5.74, 6) is -0.0359. The summed E-state index contributed by atoms with van der Waals surface area (Å²) in [6, 6.07) is 17.0. The van der Waals surface area contributed by atoms with E-state index in [1.54, 1.807) is 42.6 Å². The predicted octanol–water partition coefficient (Wildman–Crippen LogP) is 6.94. The van der Waals surface area contributed by atoms with Crippen molar-refractivity contribution in [1.82, 2.24) is 0 Å². The van der Waals surface area contributed by atoms with E-state index in [2.05, 4.69) is 21.2 Å². The summed E-state index contributed by atoms with van der Waals surface area (Å²) in [6.45, 7) is 2.00. The number of carbonyl (C=O) groups excluding carboxylic acids is 1. The minimum atomic E-state index is -0.414. The van der Waals surface area contributed by atoms with Gasteiger partial charge in [-0.05, 0) is 67.1 Å². The van der Waals surface area contributed by atoms with Gasteiger partial charge in [0.1, 0.15) is 18.2 Å². The number of allylic oxidation sites excluding steroid dienone is 1. The summed E-state index contributed by atoms with van der Waals surface area (Å²) in [6.07, 6.45) is 3.07. The van der Waals surface area contributed by atoms with Gasteiger partial charge in [-0.15, -0.1) is 0 Å². The molecule has 0 unspecified atom stereocenters. The smallest absolute Gasteiger partial charge is 0.187 e. The molecule has 1 N–H and O–H groups in total. The van der Waals surface area contributed by atoms with Crippen LogP contribution < -0.4 is 10.1 Å². The number of anilines is 1. The van der Waals surface area contributed by atoms with Crippen molar-refractivity contribution >= 4 is 39.0 Å². The van der Waals surface area contributed by atoms with Gasteiger partial charge in [0.2, 0.25) is 0 Å². The Labute approximate surface area is 182 Å². The van der Waals surface area contributed by atoms with E-state index >= 15 is 0 Å². The molecule has 0 fully saturated rings. The second kappa shape index (κ2) is 9.72. The number of hydrogen-bond donors (Lipinski definition) is 1. The molecule has 3 nitrogen and oxygen atoms in total. The van der Waals surface area contributed by atoms with Crippen molar-refractivity contribution in [3.05, 3.63) is 105 Å². The molecule has 148 valence electrons. The first-order valence-corrected chi connectivity index (χ1v) is 10.0. The maximum Gasteiger partial charge on any atom is 0.187 e. The molecule has 0 aliphatic heterocycles. The van der Waals surface area contributed by atoms with Gasteiger partial charge in [0.25, 0.3) is 0 Å². The summed E-state index contributed by atoms with van der Waals surface area (Å²) in [7, 11) is 0. The summed E-state index contributed by atoms with van der Waals surface area (Å²) in [5, 5.41) is 3.39. The third-order valence-corrected chi connectivity index (χ3v) is 5.47. The number of rotatable bonds is 7. The Morgan fingerprint density at radius 1 is 1.17 bits per heavy atom. The third-order valence-electron chi connectivity index (χ3n) is 4.23. The Morgan fingerprint density at radius 2 is 1.93 bits per heavy atom. The lowest BCUT2D eigenvalue weighted by Crippen LogP contribution is -2.00. The molecular weight excluding hydrogens is 457 g/mol. The number of nitrogens with one attached hydrogen (secondary N) is 1. The Bertz CT molecular complexity index is 1030. The van der Waals surface area contributed by atoms with Gasteiger partial charge in [-0.1, -0.05) is 33.6 Å². The number of carbonyl (C=O) groups is 1. The van der Waals surface area contributed by atoms with Gasteiger partial charge < -0.3 is 10.1 Å². The molecule has 0 bridgehead atoms. The molecule has 0 atom stereocenters. The zero-order valence-corrected chi connectivity index (χ0v) is 17.9. The fourth-order valence-electron chi connectivity index (χ4n) is 2.59. The van der Waals surface area contributed by atoms with Gasteiger partial charge >= 0.3 is 0 Å². The predicted molar refractivity (Wildman–Crippen MR) is 118 cm³/mol. The van der Waals surface area contributed by atoms with Crippen LogP contribution in [0.5, 0.6) is 5.75 Å². The number of halogens is 3. The zero-order valence-electron chi connectivity index (χ0n) is 15.6. The van der Waals surface area contributed by atoms with E-state index < -0.39 is 5.82 Å². The molecule has 0 aliphatic rings. The van der Waals surface area contributed by atoms with Gasteiger partial charge in [0, 0.05) is 33.6 Å². The Balaban J connectivity index is 1.57. The van der Waals surface area contributed by atoms with E-state index in [1.807, 2.05) is 25.1 Å². The van der Waals surface area contributed by atoms with Crippen molar-refractivity contribution in [2.75, 3.05) is 5.32 Å². The molecule has 0 aromatic heterocycles. The van der Waals surface area contributed by atoms with E-state index in [0.29, 0.717) is 21.9 Å². The highest BCUT2D eigenvalue weighted by Gasteiger charge is 2.08. The summed E-state index contributed by atoms with van der Waals surface area (Å²) in [4.78, 5) is 12.3. The van der Waals surface area contributed by atoms with E-state index in [1.165, 1.54) is 12.1 Å². The molecule has 3 rings (SSSR count). The van der Waals surface area contributed by atoms with Crippen LogP contribution in [0.3, 0.4) is 0 Å². The molecule has 0 spiro atoms. The van der Waals surface area contributed by atoms with Crippen molar-refractivity contribution in [3.8, 4) is 5.75 Å². The number of hydrogen-bond acceptors (Lipinski definition) is 3. The maximum absolute atomic E-state index is 13.8. The topological polar surface area (TPSA) is 38.3 Å². The number of benzene rings is 3. The number of aryl methyl sites for hydroxylation is 1.